The van der Waals surface area contributed by atoms with Gasteiger partial charge in [-0.15, -0.1) is 0 Å². The van der Waals surface area contributed by atoms with Gasteiger partial charge in [-0.3, -0.25) is 4.79 Å². The number of nitrogens with one attached hydrogen (secondary N) is 1. The standard InChI is InChI=1S/C16H11FN2OS2/c17-11-3-1-9(2-4-11)14-15-16(22-19-14)12(7-13(20)18-15)10-5-6-21-8-10/h1-6,8,12H,7H2,(H,18,20)/t12-/m0/s1. The summed E-state index contributed by atoms with van der Waals surface area (Å²) in [6.07, 6.45) is 0.439. The molecule has 1 amide bonds. The van der Waals surface area contributed by atoms with Gasteiger partial charge in [-0.1, -0.05) is 0 Å². The van der Waals surface area contributed by atoms with E-state index in [2.05, 4.69) is 21.1 Å². The Kier molecular flexibility index (Phi) is 3.28. The SMILES string of the molecule is O=C1C[C@@H](c2ccsc2)c2snc(-c3ccc(F)cc3)c2N1. The molecule has 2 aromatic heterocycles. The zero-order valence-corrected chi connectivity index (χ0v) is 13.0. The third-order valence-electron chi connectivity index (χ3n) is 3.75. The maximum absolute atomic E-state index is 13.1. The molecule has 1 aliphatic heterocycles. The quantitative estimate of drug-likeness (QED) is 0.752. The van der Waals surface area contributed by atoms with Crippen LogP contribution in [0.25, 0.3) is 11.3 Å². The van der Waals surface area contributed by atoms with Gasteiger partial charge in [0.05, 0.1) is 10.6 Å². The maximum atomic E-state index is 13.1. The Morgan fingerprint density at radius 1 is 1.23 bits per heavy atom. The third kappa shape index (κ3) is 2.24. The van der Waals surface area contributed by atoms with Crippen LogP contribution in [0.1, 0.15) is 22.8 Å². The highest BCUT2D eigenvalue weighted by molar-refractivity contribution is 7.08. The molecule has 3 nitrogen and oxygen atoms in total. The van der Waals surface area contributed by atoms with E-state index < -0.39 is 0 Å². The van der Waals surface area contributed by atoms with Gasteiger partial charge < -0.3 is 5.32 Å². The average molecular weight is 330 g/mol. The minimum absolute atomic E-state index is 0.00717. The van der Waals surface area contributed by atoms with Crippen LogP contribution in [0.5, 0.6) is 0 Å². The third-order valence-corrected chi connectivity index (χ3v) is 5.41. The summed E-state index contributed by atoms with van der Waals surface area (Å²) < 4.78 is 17.6. The second kappa shape index (κ2) is 5.30. The minimum atomic E-state index is -0.284. The fraction of sp³-hybridized carbons (Fsp3) is 0.125. The van der Waals surface area contributed by atoms with Gasteiger partial charge in [-0.05, 0) is 58.2 Å². The average Bonchev–Trinajstić information content (AvgIpc) is 3.16. The number of fused-ring (bicyclic) bond motifs is 1. The van der Waals surface area contributed by atoms with Crippen LogP contribution in [-0.4, -0.2) is 10.3 Å². The lowest BCUT2D eigenvalue weighted by Gasteiger charge is -2.21. The molecule has 1 atom stereocenters. The first kappa shape index (κ1) is 13.6. The molecular formula is C16H11FN2OS2. The second-order valence-corrected chi connectivity index (χ2v) is 6.72. The fourth-order valence-corrected chi connectivity index (χ4v) is 4.36. The van der Waals surface area contributed by atoms with Gasteiger partial charge in [0.25, 0.3) is 0 Å². The Morgan fingerprint density at radius 2 is 2.05 bits per heavy atom. The van der Waals surface area contributed by atoms with E-state index in [9.17, 15) is 9.18 Å². The smallest absolute Gasteiger partial charge is 0.225 e. The first-order valence-electron chi connectivity index (χ1n) is 6.80. The van der Waals surface area contributed by atoms with Crippen molar-refractivity contribution in [2.24, 2.45) is 0 Å². The Balaban J connectivity index is 1.82. The number of amides is 1. The number of anilines is 1. The van der Waals surface area contributed by atoms with E-state index in [0.717, 1.165) is 21.7 Å². The molecule has 0 fully saturated rings. The lowest BCUT2D eigenvalue weighted by Crippen LogP contribution is -2.22. The number of nitrogens with zero attached hydrogens (tertiary/aromatic N) is 1. The van der Waals surface area contributed by atoms with Crippen LogP contribution in [0.4, 0.5) is 10.1 Å². The van der Waals surface area contributed by atoms with E-state index >= 15 is 0 Å². The predicted molar refractivity (Wildman–Crippen MR) is 86.9 cm³/mol. The van der Waals surface area contributed by atoms with Crippen molar-refractivity contribution in [3.05, 3.63) is 57.3 Å². The number of hydrogen-bond donors (Lipinski definition) is 1. The number of rotatable bonds is 2. The Hall–Kier alpha value is -2.05. The summed E-state index contributed by atoms with van der Waals surface area (Å²) in [4.78, 5) is 13.1. The molecule has 4 rings (SSSR count). The zero-order chi connectivity index (χ0) is 15.1. The summed E-state index contributed by atoms with van der Waals surface area (Å²) in [6, 6.07) is 8.23. The molecule has 1 N–H and O–H groups in total. The first-order chi connectivity index (χ1) is 10.7. The lowest BCUT2D eigenvalue weighted by atomic mass is 9.91. The Bertz CT molecular complexity index is 824. The van der Waals surface area contributed by atoms with Crippen LogP contribution < -0.4 is 5.32 Å². The van der Waals surface area contributed by atoms with E-state index in [1.165, 1.54) is 23.7 Å². The van der Waals surface area contributed by atoms with Gasteiger partial charge in [0.15, 0.2) is 0 Å². The highest BCUT2D eigenvalue weighted by Crippen LogP contribution is 2.44. The highest BCUT2D eigenvalue weighted by atomic mass is 32.1. The zero-order valence-electron chi connectivity index (χ0n) is 11.4. The Labute approximate surface area is 134 Å². The molecule has 3 heterocycles. The van der Waals surface area contributed by atoms with Gasteiger partial charge in [0.1, 0.15) is 11.5 Å². The molecular weight excluding hydrogens is 319 g/mol. The Morgan fingerprint density at radius 3 is 2.77 bits per heavy atom. The molecule has 6 heteroatoms. The molecule has 0 radical (unpaired) electrons. The number of thiophene rings is 1. The van der Waals surface area contributed by atoms with Crippen molar-refractivity contribution in [2.45, 2.75) is 12.3 Å². The van der Waals surface area contributed by atoms with Crippen LogP contribution >= 0.6 is 22.9 Å². The number of carbonyl (C=O) groups is 1. The number of halogens is 1. The highest BCUT2D eigenvalue weighted by Gasteiger charge is 2.31. The van der Waals surface area contributed by atoms with Gasteiger partial charge in [0, 0.05) is 17.9 Å². The van der Waals surface area contributed by atoms with Crippen LogP contribution in [0.15, 0.2) is 41.1 Å². The molecule has 1 aliphatic rings. The van der Waals surface area contributed by atoms with E-state index in [-0.39, 0.29) is 17.6 Å². The first-order valence-corrected chi connectivity index (χ1v) is 8.51. The molecule has 0 unspecified atom stereocenters. The van der Waals surface area contributed by atoms with Crippen molar-refractivity contribution >= 4 is 34.5 Å². The normalized spacial score (nSPS) is 17.1. The number of aromatic nitrogens is 1. The largest absolute Gasteiger partial charge is 0.323 e. The molecule has 1 aromatic carbocycles. The molecule has 0 spiro atoms. The van der Waals surface area contributed by atoms with Gasteiger partial charge in [0.2, 0.25) is 5.91 Å². The minimum Gasteiger partial charge on any atom is -0.323 e. The number of hydrogen-bond acceptors (Lipinski definition) is 4. The van der Waals surface area contributed by atoms with Gasteiger partial charge >= 0.3 is 0 Å². The van der Waals surface area contributed by atoms with Crippen molar-refractivity contribution in [1.82, 2.24) is 4.37 Å². The van der Waals surface area contributed by atoms with E-state index in [0.29, 0.717) is 12.1 Å². The van der Waals surface area contributed by atoms with Crippen LogP contribution in [-0.2, 0) is 4.79 Å². The monoisotopic (exact) mass is 330 g/mol. The topological polar surface area (TPSA) is 42.0 Å². The molecule has 0 bridgehead atoms. The summed E-state index contributed by atoms with van der Waals surface area (Å²) in [5.74, 6) is -0.234. The summed E-state index contributed by atoms with van der Waals surface area (Å²) in [7, 11) is 0. The van der Waals surface area contributed by atoms with E-state index in [4.69, 9.17) is 0 Å². The van der Waals surface area contributed by atoms with Crippen molar-refractivity contribution < 1.29 is 9.18 Å². The van der Waals surface area contributed by atoms with Gasteiger partial charge in [-0.25, -0.2) is 4.39 Å². The molecule has 3 aromatic rings. The molecule has 110 valence electrons. The lowest BCUT2D eigenvalue weighted by molar-refractivity contribution is -0.116. The molecule has 0 aliphatic carbocycles. The number of benzene rings is 1. The summed E-state index contributed by atoms with van der Waals surface area (Å²) in [5.41, 5.74) is 3.44. The summed E-state index contributed by atoms with van der Waals surface area (Å²) >= 11 is 3.03. The van der Waals surface area contributed by atoms with Gasteiger partial charge in [-0.2, -0.15) is 15.7 Å². The van der Waals surface area contributed by atoms with Crippen molar-refractivity contribution in [1.29, 1.82) is 0 Å². The van der Waals surface area contributed by atoms with Crippen molar-refractivity contribution in [3.63, 3.8) is 0 Å². The van der Waals surface area contributed by atoms with Crippen molar-refractivity contribution in [3.8, 4) is 11.3 Å². The molecule has 0 saturated carbocycles. The summed E-state index contributed by atoms with van der Waals surface area (Å²) in [6.45, 7) is 0. The number of carbonyl (C=O) groups excluding carboxylic acids is 1. The van der Waals surface area contributed by atoms with Crippen LogP contribution in [0.2, 0.25) is 0 Å². The maximum Gasteiger partial charge on any atom is 0.225 e. The van der Waals surface area contributed by atoms with E-state index in [1.807, 2.05) is 5.38 Å². The van der Waals surface area contributed by atoms with Crippen LogP contribution in [0.3, 0.4) is 0 Å². The predicted octanol–water partition coefficient (Wildman–Crippen LogP) is 4.48. The summed E-state index contributed by atoms with van der Waals surface area (Å²) in [5, 5.41) is 7.02. The molecule has 22 heavy (non-hydrogen) atoms. The van der Waals surface area contributed by atoms with Crippen LogP contribution in [0, 0.1) is 5.82 Å². The van der Waals surface area contributed by atoms with E-state index in [1.54, 1.807) is 23.5 Å². The van der Waals surface area contributed by atoms with Crippen molar-refractivity contribution in [2.75, 3.05) is 5.32 Å². The second-order valence-electron chi connectivity index (χ2n) is 5.14. The molecule has 0 saturated heterocycles. The fourth-order valence-electron chi connectivity index (χ4n) is 2.68.